The molecule has 0 aromatic rings. The molecule has 1 saturated heterocycles. The van der Waals surface area contributed by atoms with Crippen LogP contribution in [0.3, 0.4) is 0 Å². The number of rotatable bonds is 3. The van der Waals surface area contributed by atoms with Gasteiger partial charge < -0.3 is 4.90 Å². The summed E-state index contributed by atoms with van der Waals surface area (Å²) >= 11 is 0. The Kier molecular flexibility index (Phi) is 4.12. The molecule has 2 fully saturated rings. The van der Waals surface area contributed by atoms with Gasteiger partial charge >= 0.3 is 0 Å². The number of nitrogens with zero attached hydrogens (tertiary/aromatic N) is 1. The molecule has 3 nitrogen and oxygen atoms in total. The molecule has 16 heavy (non-hydrogen) atoms. The van der Waals surface area contributed by atoms with E-state index in [1.165, 1.54) is 0 Å². The van der Waals surface area contributed by atoms with Gasteiger partial charge in [-0.3, -0.25) is 10.1 Å². The molecule has 1 aliphatic heterocycles. The predicted octanol–water partition coefficient (Wildman–Crippen LogP) is 1.27. The summed E-state index contributed by atoms with van der Waals surface area (Å²) in [5.41, 5.74) is 0. The molecule has 1 atom stereocenters. The van der Waals surface area contributed by atoms with Gasteiger partial charge in [-0.2, -0.15) is 0 Å². The van der Waals surface area contributed by atoms with Crippen LogP contribution in [0.2, 0.25) is 0 Å². The van der Waals surface area contributed by atoms with Crippen molar-refractivity contribution in [2.75, 3.05) is 20.1 Å². The first-order valence-corrected chi connectivity index (χ1v) is 5.34. The molecule has 0 aromatic heterocycles. The second kappa shape index (κ2) is 4.84. The Labute approximate surface area is 100.0 Å². The molecule has 1 heterocycles. The standard InChI is InChI=1S/C10H16F2N2O.ClH/c1-14(5-7-2-3-7)9(15)8-4-10(11,12)6-13-8;/h7-8,13H,2-6H2,1H3;1H. The van der Waals surface area contributed by atoms with Gasteiger partial charge in [0.25, 0.3) is 5.92 Å². The van der Waals surface area contributed by atoms with Gasteiger partial charge in [0.1, 0.15) is 0 Å². The summed E-state index contributed by atoms with van der Waals surface area (Å²) in [5, 5.41) is 2.58. The van der Waals surface area contributed by atoms with Crippen molar-refractivity contribution in [3.05, 3.63) is 0 Å². The lowest BCUT2D eigenvalue weighted by Gasteiger charge is -2.20. The summed E-state index contributed by atoms with van der Waals surface area (Å²) in [6.45, 7) is 0.337. The van der Waals surface area contributed by atoms with Crippen molar-refractivity contribution in [1.82, 2.24) is 10.2 Å². The number of likely N-dealkylation sites (N-methyl/N-ethyl adjacent to an activating group) is 1. The zero-order chi connectivity index (χ0) is 11.1. The Hall–Kier alpha value is -0.420. The molecule has 0 aromatic carbocycles. The molecular formula is C10H17ClF2N2O. The van der Waals surface area contributed by atoms with E-state index in [2.05, 4.69) is 5.32 Å². The number of carbonyl (C=O) groups excluding carboxylic acids is 1. The van der Waals surface area contributed by atoms with Crippen LogP contribution in [0.4, 0.5) is 8.78 Å². The maximum absolute atomic E-state index is 12.9. The molecule has 0 spiro atoms. The first-order valence-electron chi connectivity index (χ1n) is 5.34. The van der Waals surface area contributed by atoms with Crippen LogP contribution < -0.4 is 5.32 Å². The van der Waals surface area contributed by atoms with Crippen LogP contribution in [0.15, 0.2) is 0 Å². The second-order valence-corrected chi connectivity index (χ2v) is 4.66. The highest BCUT2D eigenvalue weighted by Crippen LogP contribution is 2.30. The van der Waals surface area contributed by atoms with Gasteiger partial charge in [0.15, 0.2) is 0 Å². The summed E-state index contributed by atoms with van der Waals surface area (Å²) < 4.78 is 25.7. The van der Waals surface area contributed by atoms with Gasteiger partial charge in [-0.15, -0.1) is 12.4 Å². The van der Waals surface area contributed by atoms with Crippen LogP contribution >= 0.6 is 12.4 Å². The first kappa shape index (κ1) is 13.6. The maximum atomic E-state index is 12.9. The third kappa shape index (κ3) is 3.28. The van der Waals surface area contributed by atoms with Crippen molar-refractivity contribution in [2.24, 2.45) is 5.92 Å². The highest BCUT2D eigenvalue weighted by Gasteiger charge is 2.43. The van der Waals surface area contributed by atoms with Crippen LogP contribution in [0.25, 0.3) is 0 Å². The van der Waals surface area contributed by atoms with E-state index in [9.17, 15) is 13.6 Å². The van der Waals surface area contributed by atoms with Crippen LogP contribution in [0.1, 0.15) is 19.3 Å². The summed E-state index contributed by atoms with van der Waals surface area (Å²) in [7, 11) is 1.69. The van der Waals surface area contributed by atoms with Crippen molar-refractivity contribution < 1.29 is 13.6 Å². The van der Waals surface area contributed by atoms with Gasteiger partial charge in [-0.05, 0) is 18.8 Å². The minimum absolute atomic E-state index is 0. The average Bonchev–Trinajstić information content (AvgIpc) is 2.88. The third-order valence-electron chi connectivity index (χ3n) is 3.01. The summed E-state index contributed by atoms with van der Waals surface area (Å²) in [6.07, 6.45) is 1.96. The molecule has 1 saturated carbocycles. The molecule has 94 valence electrons. The van der Waals surface area contributed by atoms with Gasteiger partial charge in [-0.1, -0.05) is 0 Å². The number of nitrogens with one attached hydrogen (secondary N) is 1. The largest absolute Gasteiger partial charge is 0.344 e. The molecule has 1 aliphatic carbocycles. The number of amides is 1. The predicted molar refractivity (Wildman–Crippen MR) is 59.0 cm³/mol. The first-order chi connectivity index (χ1) is 6.98. The van der Waals surface area contributed by atoms with Gasteiger partial charge in [0.05, 0.1) is 12.6 Å². The third-order valence-corrected chi connectivity index (χ3v) is 3.01. The molecule has 0 radical (unpaired) electrons. The van der Waals surface area contributed by atoms with Crippen molar-refractivity contribution in [1.29, 1.82) is 0 Å². The Morgan fingerprint density at radius 2 is 2.12 bits per heavy atom. The lowest BCUT2D eigenvalue weighted by atomic mass is 10.1. The Morgan fingerprint density at radius 3 is 2.56 bits per heavy atom. The molecule has 2 rings (SSSR count). The molecule has 0 bridgehead atoms. The average molecular weight is 255 g/mol. The quantitative estimate of drug-likeness (QED) is 0.823. The Balaban J connectivity index is 0.00000128. The van der Waals surface area contributed by atoms with Crippen LogP contribution in [-0.2, 0) is 4.79 Å². The topological polar surface area (TPSA) is 32.3 Å². The Bertz CT molecular complexity index is 272. The number of halogens is 3. The summed E-state index contributed by atoms with van der Waals surface area (Å²) in [6, 6.07) is -0.691. The van der Waals surface area contributed by atoms with Gasteiger partial charge in [-0.25, -0.2) is 8.78 Å². The van der Waals surface area contributed by atoms with E-state index in [1.54, 1.807) is 11.9 Å². The van der Waals surface area contributed by atoms with E-state index >= 15 is 0 Å². The number of alkyl halides is 2. The van der Waals surface area contributed by atoms with E-state index < -0.39 is 12.0 Å². The smallest absolute Gasteiger partial charge is 0.262 e. The summed E-state index contributed by atoms with van der Waals surface area (Å²) in [5.74, 6) is -2.32. The minimum atomic E-state index is -2.72. The fourth-order valence-electron chi connectivity index (χ4n) is 1.93. The van der Waals surface area contributed by atoms with E-state index in [0.29, 0.717) is 12.5 Å². The zero-order valence-corrected chi connectivity index (χ0v) is 10.0. The van der Waals surface area contributed by atoms with E-state index in [0.717, 1.165) is 12.8 Å². The lowest BCUT2D eigenvalue weighted by molar-refractivity contribution is -0.132. The maximum Gasteiger partial charge on any atom is 0.262 e. The molecule has 6 heteroatoms. The number of hydrogen-bond donors (Lipinski definition) is 1. The van der Waals surface area contributed by atoms with Gasteiger partial charge in [0, 0.05) is 20.0 Å². The van der Waals surface area contributed by atoms with Crippen molar-refractivity contribution in [3.8, 4) is 0 Å². The molecule has 1 N–H and O–H groups in total. The fourth-order valence-corrected chi connectivity index (χ4v) is 1.93. The summed E-state index contributed by atoms with van der Waals surface area (Å²) in [4.78, 5) is 13.3. The highest BCUT2D eigenvalue weighted by atomic mass is 35.5. The second-order valence-electron chi connectivity index (χ2n) is 4.66. The minimum Gasteiger partial charge on any atom is -0.344 e. The van der Waals surface area contributed by atoms with E-state index in [4.69, 9.17) is 0 Å². The SMILES string of the molecule is CN(CC1CC1)C(=O)C1CC(F)(F)CN1.Cl. The lowest BCUT2D eigenvalue weighted by Crippen LogP contribution is -2.42. The zero-order valence-electron chi connectivity index (χ0n) is 9.21. The van der Waals surface area contributed by atoms with Crippen LogP contribution in [-0.4, -0.2) is 42.9 Å². The molecule has 1 unspecified atom stereocenters. The fraction of sp³-hybridized carbons (Fsp3) is 0.900. The van der Waals surface area contributed by atoms with E-state index in [1.807, 2.05) is 0 Å². The molecular weight excluding hydrogens is 238 g/mol. The Morgan fingerprint density at radius 1 is 1.50 bits per heavy atom. The van der Waals surface area contributed by atoms with Gasteiger partial charge in [0.2, 0.25) is 5.91 Å². The van der Waals surface area contributed by atoms with E-state index in [-0.39, 0.29) is 31.3 Å². The van der Waals surface area contributed by atoms with Crippen molar-refractivity contribution >= 4 is 18.3 Å². The molecule has 1 amide bonds. The highest BCUT2D eigenvalue weighted by molar-refractivity contribution is 5.85. The monoisotopic (exact) mass is 254 g/mol. The van der Waals surface area contributed by atoms with Crippen molar-refractivity contribution in [2.45, 2.75) is 31.2 Å². The number of hydrogen-bond acceptors (Lipinski definition) is 2. The van der Waals surface area contributed by atoms with Crippen LogP contribution in [0, 0.1) is 5.92 Å². The van der Waals surface area contributed by atoms with Crippen LogP contribution in [0.5, 0.6) is 0 Å². The van der Waals surface area contributed by atoms with Crippen molar-refractivity contribution in [3.63, 3.8) is 0 Å². The normalized spacial score (nSPS) is 27.3. The molecule has 2 aliphatic rings. The number of carbonyl (C=O) groups is 1.